The van der Waals surface area contributed by atoms with Gasteiger partial charge in [-0.15, -0.1) is 12.4 Å². The first kappa shape index (κ1) is 24.8. The van der Waals surface area contributed by atoms with Crippen molar-refractivity contribution < 1.29 is 13.9 Å². The predicted octanol–water partition coefficient (Wildman–Crippen LogP) is 4.25. The molecule has 178 valence electrons. The number of aromatic nitrogens is 5. The average molecular weight is 505 g/mol. The van der Waals surface area contributed by atoms with E-state index in [4.69, 9.17) is 22.7 Å². The summed E-state index contributed by atoms with van der Waals surface area (Å²) in [4.78, 5) is 34.2. The summed E-state index contributed by atoms with van der Waals surface area (Å²) in [6, 6.07) is 8.03. The third kappa shape index (κ3) is 4.90. The highest BCUT2D eigenvalue weighted by molar-refractivity contribution is 7.71. The Morgan fingerprint density at radius 2 is 1.94 bits per heavy atom. The maximum absolute atomic E-state index is 13.5. The number of fused-ring (bicyclic) bond motifs is 2. The maximum atomic E-state index is 13.5. The monoisotopic (exact) mass is 504 g/mol. The van der Waals surface area contributed by atoms with Crippen molar-refractivity contribution in [2.24, 2.45) is 0 Å². The minimum absolute atomic E-state index is 0. The number of esters is 1. The topological polar surface area (TPSA) is 137 Å². The number of aromatic amines is 4. The molecule has 5 aromatic rings. The van der Waals surface area contributed by atoms with Gasteiger partial charge in [0.15, 0.2) is 4.77 Å². The summed E-state index contributed by atoms with van der Waals surface area (Å²) in [5.41, 5.74) is 8.90. The van der Waals surface area contributed by atoms with Crippen molar-refractivity contribution in [3.8, 4) is 0 Å². The number of hydrogen-bond donors (Lipinski definition) is 5. The highest BCUT2D eigenvalue weighted by Gasteiger charge is 2.11. The maximum Gasteiger partial charge on any atom is 0.356 e. The van der Waals surface area contributed by atoms with Crippen molar-refractivity contribution in [2.45, 2.75) is 13.5 Å². The minimum atomic E-state index is -0.407. The van der Waals surface area contributed by atoms with Crippen LogP contribution in [0.5, 0.6) is 0 Å². The smallest absolute Gasteiger partial charge is 0.356 e. The Hall–Kier alpha value is -3.83. The molecule has 1 aromatic carbocycles. The van der Waals surface area contributed by atoms with Gasteiger partial charge in [0.05, 0.1) is 24.4 Å². The molecule has 34 heavy (non-hydrogen) atoms. The number of hydrogen-bond acceptors (Lipinski definition) is 5. The second-order valence-electron chi connectivity index (χ2n) is 7.12. The number of benzene rings is 1. The van der Waals surface area contributed by atoms with Crippen LogP contribution in [0.1, 0.15) is 23.0 Å². The summed E-state index contributed by atoms with van der Waals surface area (Å²) in [6.07, 6.45) is 5.12. The van der Waals surface area contributed by atoms with Gasteiger partial charge in [0.1, 0.15) is 17.0 Å². The molecule has 0 bridgehead atoms. The first-order valence-electron chi connectivity index (χ1n) is 10.0. The number of carbonyl (C=O) groups excluding carboxylic acids is 1. The zero-order valence-corrected chi connectivity index (χ0v) is 19.6. The fourth-order valence-corrected chi connectivity index (χ4v) is 3.73. The highest BCUT2D eigenvalue weighted by Crippen LogP contribution is 2.21. The molecule has 0 spiro atoms. The standard InChI is InChI=1S/C15H11FN4OS.C7H10N2O2.ClH/c16-9-1-2-11-10(5-9)8(6-18-11)7-20-12-3-4-17-13(12)14(21)19-15(20)22;1-2-11-7(10)6-5(8)3-4-9-6;/h1-6,17-18H,7H2,(H,19,21,22);3-4,9H,2,8H2,1H3;1H. The zero-order valence-electron chi connectivity index (χ0n) is 18.0. The summed E-state index contributed by atoms with van der Waals surface area (Å²) in [6.45, 7) is 2.54. The second-order valence-corrected chi connectivity index (χ2v) is 7.50. The number of carbonyl (C=O) groups is 1. The number of H-pyrrole nitrogens is 4. The molecule has 9 nitrogen and oxygen atoms in total. The summed E-state index contributed by atoms with van der Waals surface area (Å²) in [7, 11) is 0. The van der Waals surface area contributed by atoms with Crippen LogP contribution in [-0.2, 0) is 11.3 Å². The Morgan fingerprint density at radius 3 is 2.65 bits per heavy atom. The molecule has 0 atom stereocenters. The molecule has 4 heterocycles. The van der Waals surface area contributed by atoms with Gasteiger partial charge in [-0.25, -0.2) is 9.18 Å². The van der Waals surface area contributed by atoms with Gasteiger partial charge in [-0.2, -0.15) is 0 Å². The number of nitrogen functional groups attached to an aromatic ring is 1. The fourth-order valence-electron chi connectivity index (χ4n) is 3.47. The number of nitrogens with one attached hydrogen (secondary N) is 4. The molecule has 0 aliphatic heterocycles. The molecule has 0 radical (unpaired) electrons. The third-order valence-electron chi connectivity index (χ3n) is 5.03. The van der Waals surface area contributed by atoms with Crippen molar-refractivity contribution in [1.29, 1.82) is 0 Å². The van der Waals surface area contributed by atoms with Gasteiger partial charge in [-0.3, -0.25) is 9.78 Å². The lowest BCUT2D eigenvalue weighted by atomic mass is 10.1. The van der Waals surface area contributed by atoms with Crippen LogP contribution in [0.4, 0.5) is 10.1 Å². The normalized spacial score (nSPS) is 10.5. The molecule has 0 aliphatic carbocycles. The Kier molecular flexibility index (Phi) is 7.59. The molecule has 0 fully saturated rings. The molecule has 6 N–H and O–H groups in total. The van der Waals surface area contributed by atoms with E-state index >= 15 is 0 Å². The molecular formula is C22H22ClFN6O3S. The Bertz CT molecular complexity index is 1560. The lowest BCUT2D eigenvalue weighted by Crippen LogP contribution is -2.14. The molecule has 0 amide bonds. The van der Waals surface area contributed by atoms with Crippen LogP contribution in [0.25, 0.3) is 21.9 Å². The van der Waals surface area contributed by atoms with E-state index < -0.39 is 5.97 Å². The number of nitrogens with zero attached hydrogens (tertiary/aromatic N) is 1. The van der Waals surface area contributed by atoms with Crippen molar-refractivity contribution in [3.63, 3.8) is 0 Å². The Morgan fingerprint density at radius 1 is 1.18 bits per heavy atom. The molecule has 0 unspecified atom stereocenters. The zero-order chi connectivity index (χ0) is 23.5. The van der Waals surface area contributed by atoms with E-state index in [9.17, 15) is 14.0 Å². The summed E-state index contributed by atoms with van der Waals surface area (Å²) < 4.78 is 20.3. The highest BCUT2D eigenvalue weighted by atomic mass is 35.5. The van der Waals surface area contributed by atoms with Crippen molar-refractivity contribution in [2.75, 3.05) is 12.3 Å². The summed E-state index contributed by atoms with van der Waals surface area (Å²) in [5, 5.41) is 0.803. The van der Waals surface area contributed by atoms with Crippen molar-refractivity contribution in [3.05, 3.63) is 81.1 Å². The first-order chi connectivity index (χ1) is 15.9. The van der Waals surface area contributed by atoms with Crippen molar-refractivity contribution in [1.82, 2.24) is 24.5 Å². The van der Waals surface area contributed by atoms with Gasteiger partial charge in [0.2, 0.25) is 0 Å². The first-order valence-corrected chi connectivity index (χ1v) is 10.5. The summed E-state index contributed by atoms with van der Waals surface area (Å²) >= 11 is 5.26. The lowest BCUT2D eigenvalue weighted by molar-refractivity contribution is 0.0521. The van der Waals surface area contributed by atoms with Gasteiger partial charge < -0.3 is 30.0 Å². The van der Waals surface area contributed by atoms with Crippen LogP contribution in [0.2, 0.25) is 0 Å². The van der Waals surface area contributed by atoms with E-state index in [1.807, 2.05) is 10.8 Å². The molecule has 12 heteroatoms. The Labute approximate surface area is 203 Å². The minimum Gasteiger partial charge on any atom is -0.461 e. The van der Waals surface area contributed by atoms with Crippen LogP contribution in [0, 0.1) is 10.6 Å². The largest absolute Gasteiger partial charge is 0.461 e. The number of anilines is 1. The molecule has 0 saturated carbocycles. The number of nitrogens with two attached hydrogens (primary N) is 1. The third-order valence-corrected chi connectivity index (χ3v) is 5.35. The Balaban J connectivity index is 0.000000231. The van der Waals surface area contributed by atoms with Gasteiger partial charge in [0, 0.05) is 29.5 Å². The lowest BCUT2D eigenvalue weighted by Gasteiger charge is -2.08. The summed E-state index contributed by atoms with van der Waals surface area (Å²) in [5.74, 6) is -0.694. The van der Waals surface area contributed by atoms with Gasteiger partial charge in [-0.1, -0.05) is 0 Å². The fraction of sp³-hybridized carbons (Fsp3) is 0.136. The number of ether oxygens (including phenoxy) is 1. The second kappa shape index (κ2) is 10.4. The molecule has 5 rings (SSSR count). The molecule has 0 saturated heterocycles. The van der Waals surface area contributed by atoms with E-state index in [1.165, 1.54) is 12.1 Å². The van der Waals surface area contributed by atoms with Gasteiger partial charge >= 0.3 is 5.97 Å². The quantitative estimate of drug-likeness (QED) is 0.184. The van der Waals surface area contributed by atoms with Crippen LogP contribution >= 0.6 is 24.6 Å². The van der Waals surface area contributed by atoms with E-state index in [2.05, 4.69) is 19.9 Å². The SMILES string of the molecule is CCOC(=O)c1[nH]ccc1N.Cl.O=c1[nH]c(=S)n(Cc2c[nH]c3ccc(F)cc23)c2cc[nH]c12. The number of rotatable bonds is 4. The molecule has 4 aromatic heterocycles. The average Bonchev–Trinajstić information content (AvgIpc) is 3.52. The van der Waals surface area contributed by atoms with Crippen molar-refractivity contribution >= 4 is 58.2 Å². The van der Waals surface area contributed by atoms with Crippen LogP contribution in [0.15, 0.2) is 53.7 Å². The van der Waals surface area contributed by atoms with Crippen LogP contribution in [0.3, 0.4) is 0 Å². The van der Waals surface area contributed by atoms with E-state index in [0.29, 0.717) is 34.8 Å². The molecular weight excluding hydrogens is 483 g/mol. The van der Waals surface area contributed by atoms with Crippen LogP contribution in [-0.4, -0.2) is 37.1 Å². The molecule has 0 aliphatic rings. The van der Waals surface area contributed by atoms with Gasteiger partial charge in [0.25, 0.3) is 5.56 Å². The van der Waals surface area contributed by atoms with Crippen LogP contribution < -0.4 is 11.3 Å². The van der Waals surface area contributed by atoms with Gasteiger partial charge in [-0.05, 0) is 55.0 Å². The predicted molar refractivity (Wildman–Crippen MR) is 134 cm³/mol. The van der Waals surface area contributed by atoms with E-state index in [0.717, 1.165) is 22.0 Å². The van der Waals surface area contributed by atoms with E-state index in [1.54, 1.807) is 37.5 Å². The van der Waals surface area contributed by atoms with E-state index in [-0.39, 0.29) is 23.8 Å². The number of halogens is 2.